The Balaban J connectivity index is 2.99. The van der Waals surface area contributed by atoms with E-state index in [0.29, 0.717) is 6.54 Å². The van der Waals surface area contributed by atoms with Crippen molar-refractivity contribution in [1.29, 1.82) is 0 Å². The number of nitrogens with one attached hydrogen (secondary N) is 1. The Morgan fingerprint density at radius 2 is 1.69 bits per heavy atom. The first-order valence-corrected chi connectivity index (χ1v) is 6.04. The highest BCUT2D eigenvalue weighted by molar-refractivity contribution is 7.81. The lowest BCUT2D eigenvalue weighted by molar-refractivity contribution is -0.118. The molecule has 1 amide bonds. The molecule has 1 aromatic carbocycles. The molecule has 0 aliphatic heterocycles. The molecule has 0 saturated heterocycles. The standard InChI is InChI=1S/C13H19NOS/c1-8-5-9(2)11(4)12(10(8)3)6-14-13(15)7-16/h5,16H,6-7H2,1-4H3,(H,14,15). The molecule has 1 rings (SSSR count). The fraction of sp³-hybridized carbons (Fsp3) is 0.462. The first-order chi connectivity index (χ1) is 7.47. The Bertz CT molecular complexity index is 387. The van der Waals surface area contributed by atoms with Gasteiger partial charge in [-0.1, -0.05) is 6.07 Å². The van der Waals surface area contributed by atoms with Crippen molar-refractivity contribution in [3.05, 3.63) is 33.9 Å². The highest BCUT2D eigenvalue weighted by Gasteiger charge is 2.08. The molecule has 0 radical (unpaired) electrons. The summed E-state index contributed by atoms with van der Waals surface area (Å²) in [4.78, 5) is 11.2. The Morgan fingerprint density at radius 1 is 1.19 bits per heavy atom. The van der Waals surface area contributed by atoms with Gasteiger partial charge < -0.3 is 5.32 Å². The molecule has 3 heteroatoms. The second kappa shape index (κ2) is 5.39. The summed E-state index contributed by atoms with van der Waals surface area (Å²) in [6.07, 6.45) is 0. The first-order valence-electron chi connectivity index (χ1n) is 5.41. The van der Waals surface area contributed by atoms with Crippen LogP contribution >= 0.6 is 12.6 Å². The Morgan fingerprint density at radius 3 is 2.12 bits per heavy atom. The molecular formula is C13H19NOS. The maximum absolute atomic E-state index is 11.2. The zero-order chi connectivity index (χ0) is 12.3. The van der Waals surface area contributed by atoms with E-state index in [2.05, 4.69) is 51.7 Å². The summed E-state index contributed by atoms with van der Waals surface area (Å²) in [5.74, 6) is 0.212. The van der Waals surface area contributed by atoms with Gasteiger partial charge in [0.05, 0.1) is 5.75 Å². The Labute approximate surface area is 103 Å². The van der Waals surface area contributed by atoms with Crippen LogP contribution in [0.1, 0.15) is 27.8 Å². The van der Waals surface area contributed by atoms with E-state index in [1.807, 2.05) is 0 Å². The van der Waals surface area contributed by atoms with E-state index in [1.54, 1.807) is 0 Å². The van der Waals surface area contributed by atoms with Crippen LogP contribution in [-0.2, 0) is 11.3 Å². The molecule has 1 aromatic rings. The minimum absolute atomic E-state index is 0.0266. The molecule has 0 heterocycles. The van der Waals surface area contributed by atoms with Gasteiger partial charge in [-0.3, -0.25) is 4.79 Å². The number of aryl methyl sites for hydroxylation is 2. The second-order valence-corrected chi connectivity index (χ2v) is 4.49. The van der Waals surface area contributed by atoms with Crippen LogP contribution < -0.4 is 5.32 Å². The van der Waals surface area contributed by atoms with Crippen LogP contribution in [-0.4, -0.2) is 11.7 Å². The van der Waals surface area contributed by atoms with Gasteiger partial charge in [-0.05, 0) is 55.5 Å². The average Bonchev–Trinajstić information content (AvgIpc) is 2.26. The number of hydrogen-bond acceptors (Lipinski definition) is 2. The molecule has 0 aliphatic rings. The smallest absolute Gasteiger partial charge is 0.229 e. The van der Waals surface area contributed by atoms with Gasteiger partial charge in [0.15, 0.2) is 0 Å². The molecule has 0 saturated carbocycles. The van der Waals surface area contributed by atoms with Crippen LogP contribution in [0, 0.1) is 27.7 Å². The summed E-state index contributed by atoms with van der Waals surface area (Å²) in [5.41, 5.74) is 6.31. The van der Waals surface area contributed by atoms with E-state index in [0.717, 1.165) is 0 Å². The van der Waals surface area contributed by atoms with Gasteiger partial charge in [-0.25, -0.2) is 0 Å². The summed E-state index contributed by atoms with van der Waals surface area (Å²) in [5, 5.41) is 2.87. The molecule has 0 bridgehead atoms. The molecule has 16 heavy (non-hydrogen) atoms. The van der Waals surface area contributed by atoms with Crippen LogP contribution in [0.15, 0.2) is 6.07 Å². The topological polar surface area (TPSA) is 29.1 Å². The lowest BCUT2D eigenvalue weighted by atomic mass is 9.94. The number of thiol groups is 1. The zero-order valence-corrected chi connectivity index (χ0v) is 11.2. The van der Waals surface area contributed by atoms with Gasteiger partial charge in [0.1, 0.15) is 0 Å². The SMILES string of the molecule is Cc1cc(C)c(C)c(CNC(=O)CS)c1C. The summed E-state index contributed by atoms with van der Waals surface area (Å²) < 4.78 is 0. The first kappa shape index (κ1) is 13.1. The maximum Gasteiger partial charge on any atom is 0.229 e. The van der Waals surface area contributed by atoms with E-state index >= 15 is 0 Å². The quantitative estimate of drug-likeness (QED) is 0.777. The van der Waals surface area contributed by atoms with Crippen molar-refractivity contribution in [3.8, 4) is 0 Å². The monoisotopic (exact) mass is 237 g/mol. The number of carbonyl (C=O) groups is 1. The van der Waals surface area contributed by atoms with Crippen molar-refractivity contribution in [2.24, 2.45) is 0 Å². The predicted molar refractivity (Wildman–Crippen MR) is 71.1 cm³/mol. The van der Waals surface area contributed by atoms with E-state index in [9.17, 15) is 4.79 Å². The maximum atomic E-state index is 11.2. The lowest BCUT2D eigenvalue weighted by Gasteiger charge is -2.15. The van der Waals surface area contributed by atoms with Crippen LogP contribution in [0.2, 0.25) is 0 Å². The molecule has 0 spiro atoms. The summed E-state index contributed by atoms with van der Waals surface area (Å²) in [6.45, 7) is 9.00. The van der Waals surface area contributed by atoms with Crippen molar-refractivity contribution in [3.63, 3.8) is 0 Å². The Kier molecular flexibility index (Phi) is 4.42. The number of carbonyl (C=O) groups excluding carboxylic acids is 1. The summed E-state index contributed by atoms with van der Waals surface area (Å²) in [7, 11) is 0. The highest BCUT2D eigenvalue weighted by atomic mass is 32.1. The normalized spacial score (nSPS) is 10.3. The molecule has 1 N–H and O–H groups in total. The van der Waals surface area contributed by atoms with Gasteiger partial charge in [-0.15, -0.1) is 0 Å². The van der Waals surface area contributed by atoms with Gasteiger partial charge in [-0.2, -0.15) is 12.6 Å². The van der Waals surface area contributed by atoms with Crippen molar-refractivity contribution in [1.82, 2.24) is 5.32 Å². The molecule has 0 aliphatic carbocycles. The van der Waals surface area contributed by atoms with E-state index in [1.165, 1.54) is 27.8 Å². The number of rotatable bonds is 3. The van der Waals surface area contributed by atoms with Gasteiger partial charge in [0, 0.05) is 6.54 Å². The molecule has 0 fully saturated rings. The molecule has 88 valence electrons. The minimum Gasteiger partial charge on any atom is -0.351 e. The third kappa shape index (κ3) is 2.79. The Hall–Kier alpha value is -0.960. The van der Waals surface area contributed by atoms with Gasteiger partial charge in [0.2, 0.25) is 5.91 Å². The molecular weight excluding hydrogens is 218 g/mol. The third-order valence-electron chi connectivity index (χ3n) is 3.13. The molecule has 0 unspecified atom stereocenters. The van der Waals surface area contributed by atoms with E-state index in [-0.39, 0.29) is 11.7 Å². The second-order valence-electron chi connectivity index (χ2n) is 4.17. The molecule has 0 aromatic heterocycles. The van der Waals surface area contributed by atoms with Crippen LogP contribution in [0.4, 0.5) is 0 Å². The minimum atomic E-state index is -0.0266. The predicted octanol–water partition coefficient (Wildman–Crippen LogP) is 2.47. The summed E-state index contributed by atoms with van der Waals surface area (Å²) in [6, 6.07) is 2.19. The van der Waals surface area contributed by atoms with Crippen molar-refractivity contribution >= 4 is 18.5 Å². The third-order valence-corrected chi connectivity index (χ3v) is 3.41. The summed E-state index contributed by atoms with van der Waals surface area (Å²) >= 11 is 3.94. The molecule has 2 nitrogen and oxygen atoms in total. The van der Waals surface area contributed by atoms with Crippen molar-refractivity contribution in [2.45, 2.75) is 34.2 Å². The van der Waals surface area contributed by atoms with Crippen molar-refractivity contribution < 1.29 is 4.79 Å². The van der Waals surface area contributed by atoms with E-state index < -0.39 is 0 Å². The van der Waals surface area contributed by atoms with Gasteiger partial charge in [0.25, 0.3) is 0 Å². The number of hydrogen-bond donors (Lipinski definition) is 2. The van der Waals surface area contributed by atoms with Crippen molar-refractivity contribution in [2.75, 3.05) is 5.75 Å². The van der Waals surface area contributed by atoms with Crippen LogP contribution in [0.3, 0.4) is 0 Å². The number of amides is 1. The fourth-order valence-corrected chi connectivity index (χ4v) is 1.92. The molecule has 0 atom stereocenters. The lowest BCUT2D eigenvalue weighted by Crippen LogP contribution is -2.24. The van der Waals surface area contributed by atoms with Gasteiger partial charge >= 0.3 is 0 Å². The van der Waals surface area contributed by atoms with E-state index in [4.69, 9.17) is 0 Å². The number of benzene rings is 1. The zero-order valence-electron chi connectivity index (χ0n) is 10.3. The van der Waals surface area contributed by atoms with Crippen LogP contribution in [0.25, 0.3) is 0 Å². The largest absolute Gasteiger partial charge is 0.351 e. The average molecular weight is 237 g/mol. The fourth-order valence-electron chi connectivity index (χ4n) is 1.81. The highest BCUT2D eigenvalue weighted by Crippen LogP contribution is 2.21. The van der Waals surface area contributed by atoms with Crippen LogP contribution in [0.5, 0.6) is 0 Å².